The second-order valence-electron chi connectivity index (χ2n) is 6.22. The zero-order chi connectivity index (χ0) is 21.3. The van der Waals surface area contributed by atoms with E-state index in [2.05, 4.69) is 15.3 Å². The van der Waals surface area contributed by atoms with Crippen LogP contribution >= 0.6 is 11.3 Å². The Balaban J connectivity index is 1.82. The first-order valence-electron chi connectivity index (χ1n) is 8.87. The number of fused-ring (bicyclic) bond motifs is 1. The van der Waals surface area contributed by atoms with E-state index in [-0.39, 0.29) is 11.3 Å². The summed E-state index contributed by atoms with van der Waals surface area (Å²) >= 11 is 1.40. The molecule has 0 saturated carbocycles. The van der Waals surface area contributed by atoms with E-state index in [1.807, 2.05) is 31.2 Å². The standard InChI is InChI=1S/C20H17N5O4S/c1-12-21-22-20-25(12)23-17(30-20)13-7-6-8-14(11-13)24-10-5-4-9-15(18(26)28-2)16(24)19(27)29-3/h4-11H,1-3H3. The normalized spacial score (nSPS) is 13.6. The van der Waals surface area contributed by atoms with Gasteiger partial charge in [-0.1, -0.05) is 29.5 Å². The minimum Gasteiger partial charge on any atom is -0.465 e. The summed E-state index contributed by atoms with van der Waals surface area (Å²) in [5.41, 5.74) is 1.63. The highest BCUT2D eigenvalue weighted by atomic mass is 32.1. The molecule has 0 amide bonds. The molecule has 0 saturated heterocycles. The van der Waals surface area contributed by atoms with Gasteiger partial charge in [0, 0.05) is 17.5 Å². The molecule has 1 aliphatic rings. The van der Waals surface area contributed by atoms with Gasteiger partial charge in [0.15, 0.2) is 5.82 Å². The molecule has 0 aliphatic carbocycles. The fraction of sp³-hybridized carbons (Fsp3) is 0.150. The number of benzene rings is 1. The molecule has 3 aromatic rings. The van der Waals surface area contributed by atoms with Crippen molar-refractivity contribution >= 4 is 33.9 Å². The van der Waals surface area contributed by atoms with Crippen LogP contribution in [0.15, 0.2) is 60.0 Å². The van der Waals surface area contributed by atoms with Crippen molar-refractivity contribution in [2.45, 2.75) is 6.92 Å². The molecule has 30 heavy (non-hydrogen) atoms. The van der Waals surface area contributed by atoms with Crippen molar-refractivity contribution in [3.8, 4) is 10.6 Å². The summed E-state index contributed by atoms with van der Waals surface area (Å²) in [7, 11) is 2.52. The SMILES string of the molecule is COC(=O)C1=C(C(=O)OC)N(c2cccc(-c3nn4c(C)nnc4s3)c2)C=CC=C1. The van der Waals surface area contributed by atoms with Gasteiger partial charge in [-0.3, -0.25) is 0 Å². The number of carbonyl (C=O) groups is 2. The molecule has 3 heterocycles. The lowest BCUT2D eigenvalue weighted by molar-refractivity contribution is -0.139. The van der Waals surface area contributed by atoms with E-state index in [1.54, 1.807) is 27.8 Å². The number of esters is 2. The van der Waals surface area contributed by atoms with Crippen LogP contribution in [0, 0.1) is 6.92 Å². The highest BCUT2D eigenvalue weighted by Gasteiger charge is 2.27. The number of aryl methyl sites for hydroxylation is 1. The molecule has 152 valence electrons. The van der Waals surface area contributed by atoms with Crippen LogP contribution in [0.25, 0.3) is 15.5 Å². The third kappa shape index (κ3) is 3.37. The zero-order valence-electron chi connectivity index (χ0n) is 16.4. The average Bonchev–Trinajstić information content (AvgIpc) is 3.26. The third-order valence-corrected chi connectivity index (χ3v) is 5.36. The maximum Gasteiger partial charge on any atom is 0.355 e. The monoisotopic (exact) mass is 423 g/mol. The van der Waals surface area contributed by atoms with Crippen molar-refractivity contribution in [3.05, 3.63) is 65.8 Å². The Labute approximate surface area is 175 Å². The second kappa shape index (κ2) is 7.91. The lowest BCUT2D eigenvalue weighted by Crippen LogP contribution is -2.26. The lowest BCUT2D eigenvalue weighted by atomic mass is 10.1. The van der Waals surface area contributed by atoms with Gasteiger partial charge in [0.05, 0.1) is 19.8 Å². The fourth-order valence-corrected chi connectivity index (χ4v) is 3.87. The molecular weight excluding hydrogens is 406 g/mol. The molecule has 10 heteroatoms. The number of allylic oxidation sites excluding steroid dienone is 2. The molecule has 9 nitrogen and oxygen atoms in total. The first-order valence-corrected chi connectivity index (χ1v) is 9.69. The van der Waals surface area contributed by atoms with E-state index in [4.69, 9.17) is 9.47 Å². The Morgan fingerprint density at radius 2 is 1.87 bits per heavy atom. The molecule has 1 aliphatic heterocycles. The minimum absolute atomic E-state index is 0.0560. The maximum atomic E-state index is 12.6. The summed E-state index contributed by atoms with van der Waals surface area (Å²) in [6.45, 7) is 1.83. The summed E-state index contributed by atoms with van der Waals surface area (Å²) in [5.74, 6) is -0.601. The Morgan fingerprint density at radius 1 is 1.07 bits per heavy atom. The summed E-state index contributed by atoms with van der Waals surface area (Å²) in [5, 5.41) is 13.4. The van der Waals surface area contributed by atoms with Crippen molar-refractivity contribution in [2.75, 3.05) is 19.1 Å². The van der Waals surface area contributed by atoms with Crippen LogP contribution in [0.1, 0.15) is 5.82 Å². The molecule has 0 bridgehead atoms. The van der Waals surface area contributed by atoms with Crippen LogP contribution in [0.5, 0.6) is 0 Å². The Hall–Kier alpha value is -3.79. The number of ether oxygens (including phenoxy) is 2. The van der Waals surface area contributed by atoms with Gasteiger partial charge in [0.1, 0.15) is 10.7 Å². The molecular formula is C20H17N5O4S. The number of aromatic nitrogens is 4. The van der Waals surface area contributed by atoms with Crippen molar-refractivity contribution in [3.63, 3.8) is 0 Å². The highest BCUT2D eigenvalue weighted by Crippen LogP contribution is 2.32. The molecule has 0 radical (unpaired) electrons. The van der Waals surface area contributed by atoms with Crippen molar-refractivity contribution < 1.29 is 19.1 Å². The van der Waals surface area contributed by atoms with Crippen LogP contribution in [-0.4, -0.2) is 46.0 Å². The van der Waals surface area contributed by atoms with Gasteiger partial charge in [-0.05, 0) is 31.2 Å². The van der Waals surface area contributed by atoms with E-state index in [0.29, 0.717) is 16.5 Å². The highest BCUT2D eigenvalue weighted by molar-refractivity contribution is 7.19. The molecule has 0 spiro atoms. The quantitative estimate of drug-likeness (QED) is 0.591. The van der Waals surface area contributed by atoms with Gasteiger partial charge in [-0.25, -0.2) is 9.59 Å². The zero-order valence-corrected chi connectivity index (χ0v) is 17.2. The van der Waals surface area contributed by atoms with Crippen molar-refractivity contribution in [2.24, 2.45) is 0 Å². The molecule has 2 aromatic heterocycles. The average molecular weight is 423 g/mol. The maximum absolute atomic E-state index is 12.6. The summed E-state index contributed by atoms with van der Waals surface area (Å²) < 4.78 is 11.5. The van der Waals surface area contributed by atoms with Gasteiger partial charge in [-0.15, -0.1) is 10.2 Å². The van der Waals surface area contributed by atoms with Crippen LogP contribution in [-0.2, 0) is 19.1 Å². The Bertz CT molecular complexity index is 1240. The van der Waals surface area contributed by atoms with Crippen LogP contribution < -0.4 is 4.90 Å². The first kappa shape index (κ1) is 19.5. The third-order valence-electron chi connectivity index (χ3n) is 4.41. The van der Waals surface area contributed by atoms with E-state index in [0.717, 1.165) is 10.6 Å². The molecule has 0 N–H and O–H groups in total. The van der Waals surface area contributed by atoms with Gasteiger partial charge >= 0.3 is 11.9 Å². The minimum atomic E-state index is -0.661. The number of methoxy groups -OCH3 is 2. The summed E-state index contributed by atoms with van der Waals surface area (Å²) in [6.07, 6.45) is 6.58. The van der Waals surface area contributed by atoms with Crippen LogP contribution in [0.2, 0.25) is 0 Å². The van der Waals surface area contributed by atoms with E-state index < -0.39 is 11.9 Å². The molecule has 0 unspecified atom stereocenters. The summed E-state index contributed by atoms with van der Waals surface area (Å²) in [6, 6.07) is 7.45. The van der Waals surface area contributed by atoms with Crippen LogP contribution in [0.4, 0.5) is 5.69 Å². The summed E-state index contributed by atoms with van der Waals surface area (Å²) in [4.78, 5) is 27.2. The number of carbonyl (C=O) groups excluding carboxylic acids is 2. The van der Waals surface area contributed by atoms with E-state index >= 15 is 0 Å². The van der Waals surface area contributed by atoms with Crippen molar-refractivity contribution in [1.29, 1.82) is 0 Å². The Kier molecular flexibility index (Phi) is 5.15. The predicted octanol–water partition coefficient (Wildman–Crippen LogP) is 2.65. The topological polar surface area (TPSA) is 98.9 Å². The fourth-order valence-electron chi connectivity index (χ4n) is 2.99. The van der Waals surface area contributed by atoms with Gasteiger partial charge in [-0.2, -0.15) is 9.61 Å². The lowest BCUT2D eigenvalue weighted by Gasteiger charge is -2.23. The van der Waals surface area contributed by atoms with Crippen molar-refractivity contribution in [1.82, 2.24) is 19.8 Å². The number of rotatable bonds is 4. The van der Waals surface area contributed by atoms with E-state index in [1.165, 1.54) is 31.6 Å². The molecule has 0 atom stereocenters. The largest absolute Gasteiger partial charge is 0.465 e. The molecule has 0 fully saturated rings. The first-order chi connectivity index (χ1) is 14.5. The number of hydrogen-bond donors (Lipinski definition) is 0. The van der Waals surface area contributed by atoms with Gasteiger partial charge < -0.3 is 14.4 Å². The van der Waals surface area contributed by atoms with Gasteiger partial charge in [0.25, 0.3) is 0 Å². The number of nitrogens with zero attached hydrogens (tertiary/aromatic N) is 5. The van der Waals surface area contributed by atoms with E-state index in [9.17, 15) is 9.59 Å². The number of hydrogen-bond acceptors (Lipinski definition) is 9. The van der Waals surface area contributed by atoms with Crippen LogP contribution in [0.3, 0.4) is 0 Å². The Morgan fingerprint density at radius 3 is 2.60 bits per heavy atom. The number of anilines is 1. The van der Waals surface area contributed by atoms with Gasteiger partial charge in [0.2, 0.25) is 4.96 Å². The second-order valence-corrected chi connectivity index (χ2v) is 7.17. The smallest absolute Gasteiger partial charge is 0.355 e. The molecule has 1 aromatic carbocycles. The molecule has 4 rings (SSSR count). The predicted molar refractivity (Wildman–Crippen MR) is 111 cm³/mol.